The van der Waals surface area contributed by atoms with Crippen LogP contribution in [-0.2, 0) is 14.4 Å². The number of nitrogens with one attached hydrogen (secondary N) is 1. The lowest BCUT2D eigenvalue weighted by Gasteiger charge is -2.25. The SMILES string of the molecule is CCCCCC(CN(O)C=O)C(=O)N(N)NC(=O)C(F)(F)F. The summed E-state index contributed by atoms with van der Waals surface area (Å²) < 4.78 is 36.3. The number of carbonyl (C=O) groups excluding carboxylic acids is 3. The smallest absolute Gasteiger partial charge is 0.286 e. The van der Waals surface area contributed by atoms with Crippen molar-refractivity contribution in [2.45, 2.75) is 38.8 Å². The number of hydrogen-bond acceptors (Lipinski definition) is 5. The van der Waals surface area contributed by atoms with Gasteiger partial charge in [0.25, 0.3) is 5.91 Å². The molecule has 0 saturated carbocycles. The summed E-state index contributed by atoms with van der Waals surface area (Å²) in [5.41, 5.74) is 1.19. The number of hydrazine groups is 2. The number of carbonyl (C=O) groups is 3. The molecule has 128 valence electrons. The fraction of sp³-hybridized carbons (Fsp3) is 0.727. The Bertz CT molecular complexity index is 392. The number of rotatable bonds is 8. The molecule has 3 amide bonds. The van der Waals surface area contributed by atoms with Gasteiger partial charge in [-0.05, 0) is 6.42 Å². The van der Waals surface area contributed by atoms with Gasteiger partial charge in [0.2, 0.25) is 6.41 Å². The normalized spacial score (nSPS) is 12.5. The van der Waals surface area contributed by atoms with Gasteiger partial charge in [-0.1, -0.05) is 26.2 Å². The Labute approximate surface area is 124 Å². The highest BCUT2D eigenvalue weighted by Gasteiger charge is 2.40. The molecule has 0 heterocycles. The van der Waals surface area contributed by atoms with Gasteiger partial charge in [0, 0.05) is 0 Å². The molecule has 0 radical (unpaired) electrons. The summed E-state index contributed by atoms with van der Waals surface area (Å²) in [4.78, 5) is 33.0. The number of unbranched alkanes of at least 4 members (excludes halogenated alkanes) is 2. The first-order chi connectivity index (χ1) is 10.1. The summed E-state index contributed by atoms with van der Waals surface area (Å²) >= 11 is 0. The Morgan fingerprint density at radius 2 is 1.95 bits per heavy atom. The van der Waals surface area contributed by atoms with E-state index in [4.69, 9.17) is 11.0 Å². The van der Waals surface area contributed by atoms with Gasteiger partial charge in [-0.2, -0.15) is 18.3 Å². The largest absolute Gasteiger partial charge is 0.473 e. The quantitative estimate of drug-likeness (QED) is 0.148. The van der Waals surface area contributed by atoms with Crippen molar-refractivity contribution in [1.29, 1.82) is 0 Å². The summed E-state index contributed by atoms with van der Waals surface area (Å²) in [5.74, 6) is 0.616. The Morgan fingerprint density at radius 3 is 2.41 bits per heavy atom. The molecule has 0 aromatic heterocycles. The summed E-state index contributed by atoms with van der Waals surface area (Å²) in [6.07, 6.45) is -2.84. The predicted octanol–water partition coefficient (Wildman–Crippen LogP) is 0.326. The van der Waals surface area contributed by atoms with Crippen LogP contribution in [0, 0.1) is 5.92 Å². The number of nitrogens with zero attached hydrogens (tertiary/aromatic N) is 2. The third-order valence-corrected chi connectivity index (χ3v) is 2.75. The number of nitrogens with two attached hydrogens (primary N) is 1. The van der Waals surface area contributed by atoms with Crippen LogP contribution in [0.5, 0.6) is 0 Å². The van der Waals surface area contributed by atoms with Crippen LogP contribution in [0.15, 0.2) is 0 Å². The summed E-state index contributed by atoms with van der Waals surface area (Å²) in [7, 11) is 0. The zero-order chi connectivity index (χ0) is 17.3. The fourth-order valence-electron chi connectivity index (χ4n) is 1.63. The van der Waals surface area contributed by atoms with E-state index in [1.807, 2.05) is 6.92 Å². The van der Waals surface area contributed by atoms with Crippen molar-refractivity contribution in [3.05, 3.63) is 0 Å². The monoisotopic (exact) mass is 328 g/mol. The molecule has 11 heteroatoms. The molecule has 0 fully saturated rings. The molecular weight excluding hydrogens is 309 g/mol. The second-order valence-corrected chi connectivity index (χ2v) is 4.57. The van der Waals surface area contributed by atoms with E-state index < -0.39 is 30.5 Å². The lowest BCUT2D eigenvalue weighted by molar-refractivity contribution is -0.181. The molecule has 8 nitrogen and oxygen atoms in total. The Morgan fingerprint density at radius 1 is 1.36 bits per heavy atom. The van der Waals surface area contributed by atoms with Gasteiger partial charge in [0.05, 0.1) is 12.5 Å². The lowest BCUT2D eigenvalue weighted by atomic mass is 10.0. The van der Waals surface area contributed by atoms with Crippen molar-refractivity contribution in [1.82, 2.24) is 15.6 Å². The van der Waals surface area contributed by atoms with Crippen molar-refractivity contribution < 1.29 is 32.8 Å². The van der Waals surface area contributed by atoms with Crippen LogP contribution in [0.2, 0.25) is 0 Å². The van der Waals surface area contributed by atoms with Gasteiger partial charge >= 0.3 is 12.1 Å². The van der Waals surface area contributed by atoms with E-state index in [9.17, 15) is 27.6 Å². The second-order valence-electron chi connectivity index (χ2n) is 4.57. The van der Waals surface area contributed by atoms with Crippen LogP contribution in [0.1, 0.15) is 32.6 Å². The number of hydrogen-bond donors (Lipinski definition) is 3. The third-order valence-electron chi connectivity index (χ3n) is 2.75. The molecular formula is C11H19F3N4O4. The van der Waals surface area contributed by atoms with Gasteiger partial charge < -0.3 is 0 Å². The van der Waals surface area contributed by atoms with Gasteiger partial charge in [-0.25, -0.2) is 16.3 Å². The van der Waals surface area contributed by atoms with Crippen molar-refractivity contribution in [2.24, 2.45) is 11.8 Å². The first kappa shape index (κ1) is 20.1. The summed E-state index contributed by atoms with van der Waals surface area (Å²) in [6.45, 7) is 1.46. The molecule has 0 rings (SSSR count). The Hall–Kier alpha value is -1.88. The van der Waals surface area contributed by atoms with Crippen molar-refractivity contribution >= 4 is 18.2 Å². The molecule has 0 bridgehead atoms. The van der Waals surface area contributed by atoms with E-state index in [0.29, 0.717) is 6.42 Å². The van der Waals surface area contributed by atoms with E-state index in [1.165, 1.54) is 5.43 Å². The first-order valence-electron chi connectivity index (χ1n) is 6.50. The van der Waals surface area contributed by atoms with E-state index in [2.05, 4.69) is 0 Å². The maximum absolute atomic E-state index is 12.1. The van der Waals surface area contributed by atoms with Crippen LogP contribution >= 0.6 is 0 Å². The zero-order valence-electron chi connectivity index (χ0n) is 12.0. The van der Waals surface area contributed by atoms with Crippen molar-refractivity contribution in [3.8, 4) is 0 Å². The van der Waals surface area contributed by atoms with Gasteiger partial charge in [0.15, 0.2) is 0 Å². The van der Waals surface area contributed by atoms with Crippen LogP contribution in [0.3, 0.4) is 0 Å². The van der Waals surface area contributed by atoms with E-state index >= 15 is 0 Å². The molecule has 4 N–H and O–H groups in total. The van der Waals surface area contributed by atoms with Gasteiger partial charge in [-0.3, -0.25) is 19.6 Å². The minimum Gasteiger partial charge on any atom is -0.286 e. The maximum atomic E-state index is 12.1. The number of alkyl halides is 3. The highest BCUT2D eigenvalue weighted by Crippen LogP contribution is 2.16. The van der Waals surface area contributed by atoms with Gasteiger partial charge in [-0.15, -0.1) is 0 Å². The molecule has 0 saturated heterocycles. The first-order valence-corrected chi connectivity index (χ1v) is 6.50. The molecule has 0 aliphatic heterocycles. The number of halogens is 3. The van der Waals surface area contributed by atoms with Gasteiger partial charge in [0.1, 0.15) is 0 Å². The minimum absolute atomic E-state index is 0.0508. The van der Waals surface area contributed by atoms with Crippen molar-refractivity contribution in [2.75, 3.05) is 6.54 Å². The molecule has 0 spiro atoms. The Kier molecular flexibility index (Phi) is 8.42. The number of hydroxylamine groups is 2. The van der Waals surface area contributed by atoms with Crippen LogP contribution in [-0.4, -0.2) is 46.3 Å². The third kappa shape index (κ3) is 7.22. The number of amides is 3. The molecule has 1 atom stereocenters. The molecule has 22 heavy (non-hydrogen) atoms. The van der Waals surface area contributed by atoms with Crippen LogP contribution < -0.4 is 11.3 Å². The maximum Gasteiger partial charge on any atom is 0.473 e. The predicted molar refractivity (Wildman–Crippen MR) is 67.4 cm³/mol. The van der Waals surface area contributed by atoms with E-state index in [-0.39, 0.29) is 23.0 Å². The van der Waals surface area contributed by atoms with Crippen molar-refractivity contribution in [3.63, 3.8) is 0 Å². The van der Waals surface area contributed by atoms with Crippen LogP contribution in [0.4, 0.5) is 13.2 Å². The molecule has 0 aromatic carbocycles. The zero-order valence-corrected chi connectivity index (χ0v) is 12.0. The fourth-order valence-corrected chi connectivity index (χ4v) is 1.63. The highest BCUT2D eigenvalue weighted by atomic mass is 19.4. The van der Waals surface area contributed by atoms with E-state index in [1.54, 1.807) is 0 Å². The Balaban J connectivity index is 4.77. The second kappa shape index (κ2) is 9.20. The standard InChI is InChI=1S/C11H19F3N4O4/c1-2-3-4-5-8(6-17(22)7-19)9(20)18(15)16-10(21)11(12,13)14/h7-8,22H,2-6,15H2,1H3,(H,16,21). The molecule has 0 aromatic rings. The lowest BCUT2D eigenvalue weighted by Crippen LogP contribution is -2.57. The van der Waals surface area contributed by atoms with Crippen LogP contribution in [0.25, 0.3) is 0 Å². The molecule has 0 aliphatic carbocycles. The van der Waals surface area contributed by atoms with E-state index in [0.717, 1.165) is 12.8 Å². The summed E-state index contributed by atoms with van der Waals surface area (Å²) in [6, 6.07) is 0. The average Bonchev–Trinajstić information content (AvgIpc) is 2.44. The average molecular weight is 328 g/mol. The molecule has 1 unspecified atom stereocenters. The topological polar surface area (TPSA) is 116 Å². The highest BCUT2D eigenvalue weighted by molar-refractivity contribution is 5.85. The summed E-state index contributed by atoms with van der Waals surface area (Å²) in [5, 5.41) is 9.22. The molecule has 0 aliphatic rings. The minimum atomic E-state index is -5.19.